The third-order valence-electron chi connectivity index (χ3n) is 3.86. The SMILES string of the molecule is COC(=O)CN1CCN(c2cc(Cl)c(C(F)(F)F)cc2[N+](=O)[O-])CC1. The zero-order chi connectivity index (χ0) is 18.8. The van der Waals surface area contributed by atoms with Crippen molar-refractivity contribution in [3.05, 3.63) is 32.8 Å². The number of anilines is 1. The molecule has 7 nitrogen and oxygen atoms in total. The Kier molecular flexibility index (Phi) is 5.73. The van der Waals surface area contributed by atoms with Gasteiger partial charge in [-0.15, -0.1) is 0 Å². The zero-order valence-corrected chi connectivity index (χ0v) is 13.9. The monoisotopic (exact) mass is 381 g/mol. The van der Waals surface area contributed by atoms with Crippen LogP contribution in [0.15, 0.2) is 12.1 Å². The third kappa shape index (κ3) is 4.51. The fourth-order valence-electron chi connectivity index (χ4n) is 2.56. The maximum absolute atomic E-state index is 12.9. The lowest BCUT2D eigenvalue weighted by Gasteiger charge is -2.35. The molecular weight excluding hydrogens is 367 g/mol. The molecular formula is C14H15ClF3N3O4. The first-order chi connectivity index (χ1) is 11.6. The van der Waals surface area contributed by atoms with Gasteiger partial charge in [0.1, 0.15) is 5.69 Å². The molecule has 0 aliphatic carbocycles. The molecule has 0 spiro atoms. The highest BCUT2D eigenvalue weighted by atomic mass is 35.5. The molecule has 138 valence electrons. The lowest BCUT2D eigenvalue weighted by molar-refractivity contribution is -0.384. The molecule has 0 atom stereocenters. The molecule has 1 aromatic rings. The summed E-state index contributed by atoms with van der Waals surface area (Å²) in [6.45, 7) is 1.51. The van der Waals surface area contributed by atoms with E-state index in [1.54, 1.807) is 9.80 Å². The molecule has 1 fully saturated rings. The van der Waals surface area contributed by atoms with Crippen LogP contribution in [-0.2, 0) is 15.7 Å². The van der Waals surface area contributed by atoms with Crippen molar-refractivity contribution in [2.75, 3.05) is 44.7 Å². The van der Waals surface area contributed by atoms with Gasteiger partial charge >= 0.3 is 12.1 Å². The number of carbonyl (C=O) groups is 1. The predicted molar refractivity (Wildman–Crippen MR) is 83.8 cm³/mol. The minimum atomic E-state index is -4.78. The maximum atomic E-state index is 12.9. The lowest BCUT2D eigenvalue weighted by atomic mass is 10.1. The fraction of sp³-hybridized carbons (Fsp3) is 0.500. The van der Waals surface area contributed by atoms with Crippen molar-refractivity contribution >= 4 is 28.9 Å². The summed E-state index contributed by atoms with van der Waals surface area (Å²) in [7, 11) is 1.27. The van der Waals surface area contributed by atoms with Crippen molar-refractivity contribution in [3.8, 4) is 0 Å². The summed E-state index contributed by atoms with van der Waals surface area (Å²) in [5, 5.41) is 10.6. The molecule has 0 aromatic heterocycles. The number of methoxy groups -OCH3 is 1. The smallest absolute Gasteiger partial charge is 0.418 e. The minimum Gasteiger partial charge on any atom is -0.468 e. The number of nitro benzene ring substituents is 1. The Morgan fingerprint density at radius 3 is 2.40 bits per heavy atom. The van der Waals surface area contributed by atoms with Crippen LogP contribution in [0.3, 0.4) is 0 Å². The standard InChI is InChI=1S/C14H15ClF3N3O4/c1-25-13(22)8-19-2-4-20(5-3-19)11-7-10(15)9(14(16,17)18)6-12(11)21(23)24/h6-7H,2-5,8H2,1H3. The van der Waals surface area contributed by atoms with Gasteiger partial charge in [-0.05, 0) is 6.07 Å². The minimum absolute atomic E-state index is 0.0284. The largest absolute Gasteiger partial charge is 0.468 e. The number of alkyl halides is 3. The molecule has 1 aliphatic heterocycles. The van der Waals surface area contributed by atoms with Gasteiger partial charge in [-0.1, -0.05) is 11.6 Å². The number of ether oxygens (including phenoxy) is 1. The van der Waals surface area contributed by atoms with E-state index in [0.29, 0.717) is 32.2 Å². The van der Waals surface area contributed by atoms with Crippen LogP contribution in [0.1, 0.15) is 5.56 Å². The highest BCUT2D eigenvalue weighted by Crippen LogP contribution is 2.41. The second-order valence-electron chi connectivity index (χ2n) is 5.41. The molecule has 0 bridgehead atoms. The predicted octanol–water partition coefficient (Wildman–Crippen LogP) is 2.56. The van der Waals surface area contributed by atoms with Gasteiger partial charge < -0.3 is 9.64 Å². The zero-order valence-electron chi connectivity index (χ0n) is 13.2. The number of halogens is 4. The van der Waals surface area contributed by atoms with Gasteiger partial charge in [-0.25, -0.2) is 0 Å². The molecule has 25 heavy (non-hydrogen) atoms. The number of piperazine rings is 1. The highest BCUT2D eigenvalue weighted by molar-refractivity contribution is 6.31. The normalized spacial score (nSPS) is 16.0. The molecule has 0 radical (unpaired) electrons. The van der Waals surface area contributed by atoms with Crippen LogP contribution in [0.2, 0.25) is 5.02 Å². The quantitative estimate of drug-likeness (QED) is 0.453. The van der Waals surface area contributed by atoms with Crippen LogP contribution >= 0.6 is 11.6 Å². The van der Waals surface area contributed by atoms with Crippen LogP contribution in [0, 0.1) is 10.1 Å². The Bertz CT molecular complexity index is 676. The van der Waals surface area contributed by atoms with E-state index in [1.165, 1.54) is 7.11 Å². The molecule has 1 aliphatic rings. The summed E-state index contributed by atoms with van der Waals surface area (Å²) in [6.07, 6.45) is -4.78. The van der Waals surface area contributed by atoms with Gasteiger partial charge in [0.2, 0.25) is 0 Å². The Morgan fingerprint density at radius 2 is 1.92 bits per heavy atom. The second-order valence-corrected chi connectivity index (χ2v) is 5.82. The number of hydrogen-bond donors (Lipinski definition) is 0. The third-order valence-corrected chi connectivity index (χ3v) is 4.17. The summed E-state index contributed by atoms with van der Waals surface area (Å²) in [5.41, 5.74) is -1.87. The molecule has 0 unspecified atom stereocenters. The number of benzene rings is 1. The van der Waals surface area contributed by atoms with Crippen LogP contribution in [-0.4, -0.2) is 55.6 Å². The van der Waals surface area contributed by atoms with Crippen LogP contribution in [0.4, 0.5) is 24.5 Å². The van der Waals surface area contributed by atoms with Gasteiger partial charge in [0.05, 0.1) is 29.2 Å². The van der Waals surface area contributed by atoms with Crippen molar-refractivity contribution < 1.29 is 27.6 Å². The van der Waals surface area contributed by atoms with Crippen LogP contribution < -0.4 is 4.90 Å². The average Bonchev–Trinajstić information content (AvgIpc) is 2.53. The molecule has 0 amide bonds. The van der Waals surface area contributed by atoms with Gasteiger partial charge in [-0.2, -0.15) is 13.2 Å². The van der Waals surface area contributed by atoms with E-state index in [4.69, 9.17) is 11.6 Å². The van der Waals surface area contributed by atoms with E-state index in [-0.39, 0.29) is 12.2 Å². The van der Waals surface area contributed by atoms with Crippen molar-refractivity contribution in [2.24, 2.45) is 0 Å². The summed E-state index contributed by atoms with van der Waals surface area (Å²) in [6, 6.07) is 1.43. The number of hydrogen-bond acceptors (Lipinski definition) is 6. The first-order valence-electron chi connectivity index (χ1n) is 7.22. The molecule has 11 heteroatoms. The molecule has 0 N–H and O–H groups in total. The number of esters is 1. The first-order valence-corrected chi connectivity index (χ1v) is 7.60. The molecule has 2 rings (SSSR count). The van der Waals surface area contributed by atoms with E-state index in [0.717, 1.165) is 6.07 Å². The summed E-state index contributed by atoms with van der Waals surface area (Å²) in [5.74, 6) is -0.406. The van der Waals surface area contributed by atoms with Crippen molar-refractivity contribution in [2.45, 2.75) is 6.18 Å². The Balaban J connectivity index is 2.24. The van der Waals surface area contributed by atoms with Crippen LogP contribution in [0.25, 0.3) is 0 Å². The number of nitro groups is 1. The molecule has 0 saturated carbocycles. The molecule has 1 saturated heterocycles. The average molecular weight is 382 g/mol. The summed E-state index contributed by atoms with van der Waals surface area (Å²) >= 11 is 5.69. The maximum Gasteiger partial charge on any atom is 0.418 e. The number of carbonyl (C=O) groups excluding carboxylic acids is 1. The first kappa shape index (κ1) is 19.3. The Morgan fingerprint density at radius 1 is 1.32 bits per heavy atom. The van der Waals surface area contributed by atoms with Crippen molar-refractivity contribution in [1.82, 2.24) is 4.90 Å². The van der Waals surface area contributed by atoms with Gasteiger partial charge in [0.15, 0.2) is 0 Å². The number of nitrogens with zero attached hydrogens (tertiary/aromatic N) is 3. The van der Waals surface area contributed by atoms with E-state index < -0.39 is 33.3 Å². The fourth-order valence-corrected chi connectivity index (χ4v) is 2.83. The highest BCUT2D eigenvalue weighted by Gasteiger charge is 2.37. The second kappa shape index (κ2) is 7.44. The van der Waals surface area contributed by atoms with E-state index >= 15 is 0 Å². The van der Waals surface area contributed by atoms with Gasteiger partial charge in [0.25, 0.3) is 5.69 Å². The summed E-state index contributed by atoms with van der Waals surface area (Å²) in [4.78, 5) is 25.0. The Hall–Kier alpha value is -2.07. The van der Waals surface area contributed by atoms with Gasteiger partial charge in [-0.3, -0.25) is 19.8 Å². The molecule has 1 aromatic carbocycles. The van der Waals surface area contributed by atoms with Gasteiger partial charge in [0, 0.05) is 32.2 Å². The van der Waals surface area contributed by atoms with Crippen molar-refractivity contribution in [1.29, 1.82) is 0 Å². The Labute approximate surface area is 146 Å². The summed E-state index contributed by atoms with van der Waals surface area (Å²) < 4.78 is 43.3. The molecule has 1 heterocycles. The number of rotatable bonds is 4. The topological polar surface area (TPSA) is 75.9 Å². The van der Waals surface area contributed by atoms with Crippen LogP contribution in [0.5, 0.6) is 0 Å². The van der Waals surface area contributed by atoms with E-state index in [2.05, 4.69) is 4.74 Å². The van der Waals surface area contributed by atoms with E-state index in [1.807, 2.05) is 0 Å². The lowest BCUT2D eigenvalue weighted by Crippen LogP contribution is -2.48. The van der Waals surface area contributed by atoms with E-state index in [9.17, 15) is 28.1 Å². The van der Waals surface area contributed by atoms with Crippen molar-refractivity contribution in [3.63, 3.8) is 0 Å².